The number of para-hydroxylation sites is 1. The number of ether oxygens (including phenoxy) is 1. The Kier molecular flexibility index (Phi) is 4.64. The predicted molar refractivity (Wildman–Crippen MR) is 92.5 cm³/mol. The molecule has 0 saturated heterocycles. The first-order chi connectivity index (χ1) is 11.3. The van der Waals surface area contributed by atoms with Gasteiger partial charge in [0.25, 0.3) is 0 Å². The van der Waals surface area contributed by atoms with Gasteiger partial charge in [-0.15, -0.1) is 0 Å². The van der Waals surface area contributed by atoms with Crippen molar-refractivity contribution in [3.8, 4) is 33.8 Å². The molecule has 23 heavy (non-hydrogen) atoms. The van der Waals surface area contributed by atoms with E-state index in [1.54, 1.807) is 13.2 Å². The van der Waals surface area contributed by atoms with Gasteiger partial charge >= 0.3 is 7.69 Å². The van der Waals surface area contributed by atoms with Crippen LogP contribution in [0.3, 0.4) is 0 Å². The third-order valence-corrected chi connectivity index (χ3v) is 3.64. The van der Waals surface area contributed by atoms with E-state index in [1.165, 1.54) is 0 Å². The summed E-state index contributed by atoms with van der Waals surface area (Å²) in [5, 5.41) is 8.89. The van der Waals surface area contributed by atoms with E-state index >= 15 is 0 Å². The molecule has 0 spiro atoms. The van der Waals surface area contributed by atoms with Gasteiger partial charge in [0, 0.05) is 5.56 Å². The number of hydrogen-bond donors (Lipinski definition) is 1. The minimum absolute atomic E-state index is 0.470. The molecule has 3 aromatic carbocycles. The molecule has 0 fully saturated rings. The zero-order valence-corrected chi connectivity index (χ0v) is 12.8. The molecule has 3 nitrogen and oxygen atoms in total. The zero-order chi connectivity index (χ0) is 16.1. The SMILES string of the molecule is COc1c(O[B]O)cccc1-c1cccc(-c2ccccc2)c1. The third-order valence-electron chi connectivity index (χ3n) is 3.64. The fourth-order valence-corrected chi connectivity index (χ4v) is 2.60. The third kappa shape index (κ3) is 3.22. The van der Waals surface area contributed by atoms with Gasteiger partial charge in [0.15, 0.2) is 5.75 Å². The lowest BCUT2D eigenvalue weighted by molar-refractivity contribution is 0.383. The van der Waals surface area contributed by atoms with Crippen molar-refractivity contribution in [2.45, 2.75) is 0 Å². The molecule has 1 N–H and O–H groups in total. The summed E-state index contributed by atoms with van der Waals surface area (Å²) in [5.74, 6) is 1.06. The summed E-state index contributed by atoms with van der Waals surface area (Å²) in [6.07, 6.45) is 0. The Bertz CT molecular complexity index is 788. The lowest BCUT2D eigenvalue weighted by Crippen LogP contribution is -2.02. The molecule has 0 aromatic heterocycles. The van der Waals surface area contributed by atoms with Crippen LogP contribution in [0.25, 0.3) is 22.3 Å². The van der Waals surface area contributed by atoms with Crippen LogP contribution >= 0.6 is 0 Å². The van der Waals surface area contributed by atoms with Crippen molar-refractivity contribution < 1.29 is 14.4 Å². The van der Waals surface area contributed by atoms with Crippen LogP contribution in [0, 0.1) is 0 Å². The van der Waals surface area contributed by atoms with Crippen molar-refractivity contribution in [3.63, 3.8) is 0 Å². The van der Waals surface area contributed by atoms with Crippen molar-refractivity contribution in [2.75, 3.05) is 7.11 Å². The molecule has 0 amide bonds. The summed E-state index contributed by atoms with van der Waals surface area (Å²) in [6.45, 7) is 0. The topological polar surface area (TPSA) is 38.7 Å². The van der Waals surface area contributed by atoms with Gasteiger partial charge in [-0.1, -0.05) is 60.7 Å². The monoisotopic (exact) mass is 303 g/mol. The summed E-state index contributed by atoms with van der Waals surface area (Å²) in [6, 6.07) is 24.0. The molecule has 0 heterocycles. The maximum atomic E-state index is 8.89. The summed E-state index contributed by atoms with van der Waals surface area (Å²) >= 11 is 0. The van der Waals surface area contributed by atoms with Crippen molar-refractivity contribution in [3.05, 3.63) is 72.8 Å². The van der Waals surface area contributed by atoms with E-state index in [9.17, 15) is 0 Å². The van der Waals surface area contributed by atoms with Crippen molar-refractivity contribution in [1.29, 1.82) is 0 Å². The summed E-state index contributed by atoms with van der Waals surface area (Å²) in [5.41, 5.74) is 4.21. The number of benzene rings is 3. The summed E-state index contributed by atoms with van der Waals surface area (Å²) in [7, 11) is 2.24. The molecule has 0 unspecified atom stereocenters. The van der Waals surface area contributed by atoms with Gasteiger partial charge in [0.05, 0.1) is 7.11 Å². The lowest BCUT2D eigenvalue weighted by atomic mass is 9.98. The van der Waals surface area contributed by atoms with Crippen LogP contribution in [0.1, 0.15) is 0 Å². The van der Waals surface area contributed by atoms with Gasteiger partial charge in [-0.25, -0.2) is 0 Å². The van der Waals surface area contributed by atoms with E-state index in [0.29, 0.717) is 19.2 Å². The van der Waals surface area contributed by atoms with E-state index in [0.717, 1.165) is 22.3 Å². The molecule has 0 aliphatic heterocycles. The van der Waals surface area contributed by atoms with E-state index in [4.69, 9.17) is 14.4 Å². The Balaban J connectivity index is 2.08. The van der Waals surface area contributed by atoms with Crippen molar-refractivity contribution >= 4 is 7.69 Å². The molecular weight excluding hydrogens is 287 g/mol. The van der Waals surface area contributed by atoms with Crippen LogP contribution in [-0.4, -0.2) is 19.8 Å². The normalized spacial score (nSPS) is 10.2. The molecule has 0 saturated carbocycles. The first-order valence-corrected chi connectivity index (χ1v) is 7.29. The van der Waals surface area contributed by atoms with E-state index < -0.39 is 0 Å². The highest BCUT2D eigenvalue weighted by molar-refractivity contribution is 6.17. The Hall–Kier alpha value is -2.72. The van der Waals surface area contributed by atoms with Crippen molar-refractivity contribution in [2.24, 2.45) is 0 Å². The first kappa shape index (κ1) is 15.2. The summed E-state index contributed by atoms with van der Waals surface area (Å²) in [4.78, 5) is 0. The van der Waals surface area contributed by atoms with Crippen LogP contribution in [-0.2, 0) is 0 Å². The number of rotatable bonds is 5. The number of hydrogen-bond acceptors (Lipinski definition) is 3. The summed E-state index contributed by atoms with van der Waals surface area (Å²) < 4.78 is 10.6. The van der Waals surface area contributed by atoms with E-state index in [1.807, 2.05) is 42.5 Å². The van der Waals surface area contributed by atoms with Gasteiger partial charge in [-0.05, 0) is 28.8 Å². The van der Waals surface area contributed by atoms with Crippen molar-refractivity contribution in [1.82, 2.24) is 0 Å². The predicted octanol–water partition coefficient (Wildman–Crippen LogP) is 3.93. The Morgan fingerprint density at radius 2 is 1.48 bits per heavy atom. The second-order valence-electron chi connectivity index (χ2n) is 5.01. The maximum Gasteiger partial charge on any atom is 0.569 e. The average molecular weight is 303 g/mol. The lowest BCUT2D eigenvalue weighted by Gasteiger charge is -2.14. The first-order valence-electron chi connectivity index (χ1n) is 7.29. The van der Waals surface area contributed by atoms with Gasteiger partial charge in [-0.3, -0.25) is 0 Å². The number of methoxy groups -OCH3 is 1. The Morgan fingerprint density at radius 3 is 2.22 bits per heavy atom. The molecule has 0 aliphatic carbocycles. The molecule has 0 atom stereocenters. The van der Waals surface area contributed by atoms with E-state index in [-0.39, 0.29) is 0 Å². The highest BCUT2D eigenvalue weighted by Gasteiger charge is 2.12. The molecule has 0 bridgehead atoms. The molecular formula is C19H16BO3. The van der Waals surface area contributed by atoms with Crippen LogP contribution < -0.4 is 9.39 Å². The quantitative estimate of drug-likeness (QED) is 0.726. The second-order valence-corrected chi connectivity index (χ2v) is 5.01. The molecule has 4 heteroatoms. The molecule has 3 aromatic rings. The Morgan fingerprint density at radius 1 is 0.783 bits per heavy atom. The van der Waals surface area contributed by atoms with Gasteiger partial charge in [-0.2, -0.15) is 0 Å². The standard InChI is InChI=1S/C19H16BO3/c1-22-19-17(11-6-12-18(19)23-20-21)16-10-5-9-15(13-16)14-7-3-2-4-8-14/h2-13,21H,1H3. The van der Waals surface area contributed by atoms with Gasteiger partial charge < -0.3 is 14.4 Å². The minimum atomic E-state index is 0.470. The molecule has 1 radical (unpaired) electrons. The Labute approximate surface area is 136 Å². The van der Waals surface area contributed by atoms with Gasteiger partial charge in [0.1, 0.15) is 5.75 Å². The minimum Gasteiger partial charge on any atom is -0.535 e. The maximum absolute atomic E-state index is 8.89. The fraction of sp³-hybridized carbons (Fsp3) is 0.0526. The molecule has 3 rings (SSSR count). The fourth-order valence-electron chi connectivity index (χ4n) is 2.60. The highest BCUT2D eigenvalue weighted by Crippen LogP contribution is 2.38. The van der Waals surface area contributed by atoms with E-state index in [2.05, 4.69) is 24.3 Å². The zero-order valence-electron chi connectivity index (χ0n) is 12.8. The molecule has 0 aliphatic rings. The largest absolute Gasteiger partial charge is 0.569 e. The van der Waals surface area contributed by atoms with Gasteiger partial charge in [0.2, 0.25) is 0 Å². The van der Waals surface area contributed by atoms with Crippen LogP contribution in [0.2, 0.25) is 0 Å². The highest BCUT2D eigenvalue weighted by atomic mass is 16.5. The van der Waals surface area contributed by atoms with Crippen LogP contribution in [0.5, 0.6) is 11.5 Å². The average Bonchev–Trinajstić information content (AvgIpc) is 2.63. The van der Waals surface area contributed by atoms with Crippen LogP contribution in [0.15, 0.2) is 72.8 Å². The smallest absolute Gasteiger partial charge is 0.535 e. The molecule has 113 valence electrons. The second kappa shape index (κ2) is 7.03. The van der Waals surface area contributed by atoms with Crippen LogP contribution in [0.4, 0.5) is 0 Å².